The Kier molecular flexibility index (Phi) is 3.53. The zero-order valence-electron chi connectivity index (χ0n) is 12.5. The number of nitro groups is 1. The Morgan fingerprint density at radius 3 is 2.78 bits per heavy atom. The molecule has 0 spiro atoms. The van der Waals surface area contributed by atoms with Gasteiger partial charge in [0.1, 0.15) is 0 Å². The molecule has 2 aromatic rings. The van der Waals surface area contributed by atoms with Gasteiger partial charge in [-0.25, -0.2) is 9.79 Å². The summed E-state index contributed by atoms with van der Waals surface area (Å²) in [4.78, 5) is 26.6. The van der Waals surface area contributed by atoms with Gasteiger partial charge in [0.05, 0.1) is 4.92 Å². The quantitative estimate of drug-likeness (QED) is 0.377. The van der Waals surface area contributed by atoms with E-state index in [2.05, 4.69) is 4.99 Å². The second-order valence-electron chi connectivity index (χ2n) is 5.14. The summed E-state index contributed by atoms with van der Waals surface area (Å²) in [5.74, 6) is -0.511. The van der Waals surface area contributed by atoms with E-state index >= 15 is 0 Å². The van der Waals surface area contributed by atoms with Gasteiger partial charge in [0.25, 0.3) is 5.69 Å². The van der Waals surface area contributed by atoms with Gasteiger partial charge in [-0.3, -0.25) is 10.1 Å². The van der Waals surface area contributed by atoms with Crippen molar-refractivity contribution in [3.63, 3.8) is 0 Å². The molecule has 0 N–H and O–H groups in total. The molecule has 0 fully saturated rings. The summed E-state index contributed by atoms with van der Waals surface area (Å²) in [6.45, 7) is 1.64. The van der Waals surface area contributed by atoms with Crippen molar-refractivity contribution < 1.29 is 14.5 Å². The first kappa shape index (κ1) is 14.7. The fraction of sp³-hybridized carbons (Fsp3) is 0.125. The molecule has 1 aromatic carbocycles. The molecule has 0 unspecified atom stereocenters. The van der Waals surface area contributed by atoms with Crippen LogP contribution >= 0.6 is 0 Å². The molecule has 0 saturated carbocycles. The molecule has 3 rings (SSSR count). The maximum absolute atomic E-state index is 11.9. The lowest BCUT2D eigenvalue weighted by Gasteiger charge is -2.01. The molecule has 0 saturated heterocycles. The summed E-state index contributed by atoms with van der Waals surface area (Å²) in [5, 5.41) is 11.0. The topological polar surface area (TPSA) is 86.7 Å². The summed E-state index contributed by atoms with van der Waals surface area (Å²) in [7, 11) is 1.85. The first-order valence-corrected chi connectivity index (χ1v) is 6.85. The summed E-state index contributed by atoms with van der Waals surface area (Å²) in [6, 6.07) is 8.28. The number of carbonyl (C=O) groups excluding carboxylic acids is 1. The number of esters is 1. The normalized spacial score (nSPS) is 15.7. The van der Waals surface area contributed by atoms with Crippen LogP contribution in [-0.4, -0.2) is 21.4 Å². The zero-order chi connectivity index (χ0) is 16.6. The Balaban J connectivity index is 1.99. The van der Waals surface area contributed by atoms with E-state index in [-0.39, 0.29) is 17.3 Å². The fourth-order valence-electron chi connectivity index (χ4n) is 2.24. The van der Waals surface area contributed by atoms with Crippen molar-refractivity contribution in [3.8, 4) is 0 Å². The number of rotatable bonds is 3. The van der Waals surface area contributed by atoms with Crippen LogP contribution in [-0.2, 0) is 16.6 Å². The average molecular weight is 311 g/mol. The lowest BCUT2D eigenvalue weighted by Crippen LogP contribution is -2.06. The third-order valence-corrected chi connectivity index (χ3v) is 3.54. The van der Waals surface area contributed by atoms with E-state index in [1.54, 1.807) is 25.1 Å². The Hall–Kier alpha value is -3.22. The molecule has 1 aliphatic rings. The lowest BCUT2D eigenvalue weighted by atomic mass is 10.1. The highest BCUT2D eigenvalue weighted by molar-refractivity contribution is 6.13. The fourth-order valence-corrected chi connectivity index (χ4v) is 2.24. The predicted octanol–water partition coefficient (Wildman–Crippen LogP) is 2.59. The Bertz CT molecular complexity index is 877. The van der Waals surface area contributed by atoms with Crippen molar-refractivity contribution in [2.24, 2.45) is 12.0 Å². The van der Waals surface area contributed by atoms with Crippen molar-refractivity contribution in [3.05, 3.63) is 69.2 Å². The molecule has 0 aliphatic carbocycles. The van der Waals surface area contributed by atoms with Crippen LogP contribution in [0.25, 0.3) is 6.08 Å². The molecular formula is C16H13N3O4. The van der Waals surface area contributed by atoms with Crippen LogP contribution < -0.4 is 0 Å². The van der Waals surface area contributed by atoms with E-state index in [1.165, 1.54) is 6.07 Å². The molecule has 0 amide bonds. The van der Waals surface area contributed by atoms with Gasteiger partial charge in [-0.15, -0.1) is 0 Å². The predicted molar refractivity (Wildman–Crippen MR) is 83.9 cm³/mol. The number of nitrogens with zero attached hydrogens (tertiary/aromatic N) is 3. The average Bonchev–Trinajstić information content (AvgIpc) is 3.07. The minimum atomic E-state index is -0.579. The van der Waals surface area contributed by atoms with Gasteiger partial charge in [0.15, 0.2) is 5.70 Å². The number of hydrogen-bond donors (Lipinski definition) is 0. The number of ether oxygens (including phenoxy) is 1. The summed E-state index contributed by atoms with van der Waals surface area (Å²) in [6.07, 6.45) is 3.46. The van der Waals surface area contributed by atoms with Crippen molar-refractivity contribution >= 4 is 23.6 Å². The van der Waals surface area contributed by atoms with Gasteiger partial charge in [0, 0.05) is 36.1 Å². The van der Waals surface area contributed by atoms with E-state index in [0.29, 0.717) is 11.1 Å². The molecule has 0 atom stereocenters. The van der Waals surface area contributed by atoms with Crippen LogP contribution in [0.1, 0.15) is 16.8 Å². The molecule has 7 heteroatoms. The molecule has 0 bridgehead atoms. The van der Waals surface area contributed by atoms with E-state index in [0.717, 1.165) is 5.69 Å². The second kappa shape index (κ2) is 5.53. The minimum Gasteiger partial charge on any atom is -0.402 e. The van der Waals surface area contributed by atoms with Gasteiger partial charge in [-0.05, 0) is 31.2 Å². The van der Waals surface area contributed by atoms with Crippen LogP contribution in [0.2, 0.25) is 0 Å². The molecular weight excluding hydrogens is 298 g/mol. The second-order valence-corrected chi connectivity index (χ2v) is 5.14. The molecule has 1 aliphatic heterocycles. The number of aromatic nitrogens is 1. The molecule has 116 valence electrons. The van der Waals surface area contributed by atoms with Gasteiger partial charge < -0.3 is 9.30 Å². The molecule has 0 radical (unpaired) electrons. The summed E-state index contributed by atoms with van der Waals surface area (Å²) >= 11 is 0. The zero-order valence-corrected chi connectivity index (χ0v) is 12.5. The number of nitro benzene ring substituents is 1. The monoisotopic (exact) mass is 311 g/mol. The Morgan fingerprint density at radius 2 is 2.13 bits per heavy atom. The van der Waals surface area contributed by atoms with E-state index in [4.69, 9.17) is 4.74 Å². The minimum absolute atomic E-state index is 0.0406. The van der Waals surface area contributed by atoms with E-state index < -0.39 is 10.9 Å². The number of cyclic esters (lactones) is 1. The number of benzene rings is 1. The number of aliphatic imine (C=N–C) groups is 1. The van der Waals surface area contributed by atoms with Crippen LogP contribution in [0.3, 0.4) is 0 Å². The Labute approximate surface area is 131 Å². The van der Waals surface area contributed by atoms with Crippen LogP contribution in [0.5, 0.6) is 0 Å². The molecule has 23 heavy (non-hydrogen) atoms. The SMILES string of the molecule is Cc1ccc(C2=N/C(=C\c3cccn3C)C(=O)O2)cc1[N+](=O)[O-]. The maximum Gasteiger partial charge on any atom is 0.363 e. The summed E-state index contributed by atoms with van der Waals surface area (Å²) < 4.78 is 6.97. The summed E-state index contributed by atoms with van der Waals surface area (Å²) in [5.41, 5.74) is 1.84. The Morgan fingerprint density at radius 1 is 1.35 bits per heavy atom. The smallest absolute Gasteiger partial charge is 0.363 e. The third-order valence-electron chi connectivity index (χ3n) is 3.54. The number of carbonyl (C=O) groups is 1. The van der Waals surface area contributed by atoms with Crippen LogP contribution in [0.15, 0.2) is 47.2 Å². The van der Waals surface area contributed by atoms with Gasteiger partial charge in [-0.1, -0.05) is 6.07 Å². The largest absolute Gasteiger partial charge is 0.402 e. The maximum atomic E-state index is 11.9. The highest BCUT2D eigenvalue weighted by Gasteiger charge is 2.26. The highest BCUT2D eigenvalue weighted by atomic mass is 16.6. The van der Waals surface area contributed by atoms with Crippen molar-refractivity contribution in [2.45, 2.75) is 6.92 Å². The van der Waals surface area contributed by atoms with Crippen molar-refractivity contribution in [2.75, 3.05) is 0 Å². The van der Waals surface area contributed by atoms with Gasteiger partial charge in [-0.2, -0.15) is 0 Å². The standard InChI is InChI=1S/C16H13N3O4/c1-10-5-6-11(8-14(10)19(21)22)15-17-13(16(20)23-15)9-12-4-3-7-18(12)2/h3-9H,1-2H3/b13-9-. The molecule has 7 nitrogen and oxygen atoms in total. The van der Waals surface area contributed by atoms with E-state index in [1.807, 2.05) is 29.9 Å². The van der Waals surface area contributed by atoms with E-state index in [9.17, 15) is 14.9 Å². The van der Waals surface area contributed by atoms with Crippen molar-refractivity contribution in [1.29, 1.82) is 0 Å². The molecule has 1 aromatic heterocycles. The lowest BCUT2D eigenvalue weighted by molar-refractivity contribution is -0.385. The van der Waals surface area contributed by atoms with Gasteiger partial charge >= 0.3 is 5.97 Å². The van der Waals surface area contributed by atoms with Crippen LogP contribution in [0, 0.1) is 17.0 Å². The molecule has 2 heterocycles. The number of aryl methyl sites for hydroxylation is 2. The third kappa shape index (κ3) is 2.76. The highest BCUT2D eigenvalue weighted by Crippen LogP contribution is 2.24. The van der Waals surface area contributed by atoms with Gasteiger partial charge in [0.2, 0.25) is 5.90 Å². The first-order chi connectivity index (χ1) is 11.0. The first-order valence-electron chi connectivity index (χ1n) is 6.85. The number of hydrogen-bond acceptors (Lipinski definition) is 5. The van der Waals surface area contributed by atoms with Crippen LogP contribution in [0.4, 0.5) is 5.69 Å². The van der Waals surface area contributed by atoms with Crippen molar-refractivity contribution in [1.82, 2.24) is 4.57 Å².